The Balaban J connectivity index is 0.000000230. The molecular formula is C24H32. The van der Waals surface area contributed by atoms with E-state index in [0.717, 1.165) is 0 Å². The molecule has 0 amide bonds. The highest BCUT2D eigenvalue weighted by molar-refractivity contribution is 5.89. The van der Waals surface area contributed by atoms with Crippen molar-refractivity contribution in [3.63, 3.8) is 0 Å². The normalized spacial score (nSPS) is 9.67. The molecule has 0 radical (unpaired) electrons. The Bertz CT molecular complexity index is 794. The Hall–Kier alpha value is -2.08. The Kier molecular flexibility index (Phi) is 7.71. The van der Waals surface area contributed by atoms with Crippen molar-refractivity contribution in [2.45, 2.75) is 55.4 Å². The van der Waals surface area contributed by atoms with Crippen LogP contribution in [-0.4, -0.2) is 0 Å². The standard InChI is InChI=1S/C13H14.C9H12.C2H6/c1-9-7-11(3)13-10(2)5-4-6-12(13)8-9;1-7-4-5-8(2)9(3)6-7;1-2/h4-8H,1-3H3;4-6H,1-3H3;1-2H3. The molecule has 0 N–H and O–H groups in total. The van der Waals surface area contributed by atoms with Gasteiger partial charge in [0.2, 0.25) is 0 Å². The van der Waals surface area contributed by atoms with Crippen LogP contribution >= 0.6 is 0 Å². The van der Waals surface area contributed by atoms with Crippen molar-refractivity contribution in [3.8, 4) is 0 Å². The van der Waals surface area contributed by atoms with E-state index in [9.17, 15) is 0 Å². The molecule has 0 nitrogen and oxygen atoms in total. The molecule has 0 saturated carbocycles. The van der Waals surface area contributed by atoms with Gasteiger partial charge in [-0.15, -0.1) is 0 Å². The van der Waals surface area contributed by atoms with Crippen LogP contribution in [0.1, 0.15) is 47.2 Å². The maximum atomic E-state index is 2.25. The first-order valence-electron chi connectivity index (χ1n) is 8.89. The lowest BCUT2D eigenvalue weighted by atomic mass is 9.99. The summed E-state index contributed by atoms with van der Waals surface area (Å²) in [6, 6.07) is 17.5. The Morgan fingerprint density at radius 3 is 1.71 bits per heavy atom. The molecule has 24 heavy (non-hydrogen) atoms. The van der Waals surface area contributed by atoms with Crippen molar-refractivity contribution in [1.29, 1.82) is 0 Å². The smallest absolute Gasteiger partial charge is 0.0125 e. The molecule has 0 aromatic heterocycles. The van der Waals surface area contributed by atoms with Gasteiger partial charge in [0, 0.05) is 0 Å². The van der Waals surface area contributed by atoms with Gasteiger partial charge in [0.1, 0.15) is 0 Å². The van der Waals surface area contributed by atoms with Crippen molar-refractivity contribution in [3.05, 3.63) is 81.9 Å². The van der Waals surface area contributed by atoms with Crippen LogP contribution in [0.3, 0.4) is 0 Å². The van der Waals surface area contributed by atoms with Gasteiger partial charge in [-0.25, -0.2) is 0 Å². The largest absolute Gasteiger partial charge is 0.0683 e. The molecule has 0 aliphatic rings. The van der Waals surface area contributed by atoms with Gasteiger partial charge < -0.3 is 0 Å². The van der Waals surface area contributed by atoms with Gasteiger partial charge in [-0.3, -0.25) is 0 Å². The molecule has 3 aromatic rings. The summed E-state index contributed by atoms with van der Waals surface area (Å²) in [6.45, 7) is 16.9. The average Bonchev–Trinajstić information content (AvgIpc) is 2.53. The Labute approximate surface area is 148 Å². The zero-order chi connectivity index (χ0) is 18.3. The minimum atomic E-state index is 1.34. The summed E-state index contributed by atoms with van der Waals surface area (Å²) in [6.07, 6.45) is 0. The van der Waals surface area contributed by atoms with E-state index in [1.807, 2.05) is 13.8 Å². The predicted octanol–water partition coefficient (Wildman–Crippen LogP) is 7.40. The third kappa shape index (κ3) is 5.23. The van der Waals surface area contributed by atoms with Gasteiger partial charge in [0.15, 0.2) is 0 Å². The third-order valence-electron chi connectivity index (χ3n) is 4.19. The lowest BCUT2D eigenvalue weighted by molar-refractivity contribution is 1.30. The highest BCUT2D eigenvalue weighted by atomic mass is 14.0. The zero-order valence-electron chi connectivity index (χ0n) is 16.6. The maximum Gasteiger partial charge on any atom is -0.0125 e. The molecule has 0 atom stereocenters. The molecule has 3 aromatic carbocycles. The second-order valence-electron chi connectivity index (χ2n) is 6.34. The van der Waals surface area contributed by atoms with Crippen molar-refractivity contribution in [2.75, 3.05) is 0 Å². The number of fused-ring (bicyclic) bond motifs is 1. The van der Waals surface area contributed by atoms with Crippen LogP contribution in [-0.2, 0) is 0 Å². The number of rotatable bonds is 0. The quantitative estimate of drug-likeness (QED) is 0.404. The number of benzene rings is 3. The number of hydrogen-bond donors (Lipinski definition) is 0. The molecule has 0 fully saturated rings. The summed E-state index contributed by atoms with van der Waals surface area (Å²) in [5.74, 6) is 0. The van der Waals surface area contributed by atoms with E-state index in [1.165, 1.54) is 44.2 Å². The first kappa shape index (κ1) is 20.0. The fourth-order valence-corrected chi connectivity index (χ4v) is 2.94. The van der Waals surface area contributed by atoms with Gasteiger partial charge in [-0.05, 0) is 74.6 Å². The Morgan fingerprint density at radius 2 is 1.12 bits per heavy atom. The predicted molar refractivity (Wildman–Crippen MR) is 110 cm³/mol. The van der Waals surface area contributed by atoms with Crippen molar-refractivity contribution >= 4 is 10.8 Å². The van der Waals surface area contributed by atoms with Crippen molar-refractivity contribution < 1.29 is 0 Å². The molecule has 0 spiro atoms. The van der Waals surface area contributed by atoms with Gasteiger partial charge >= 0.3 is 0 Å². The third-order valence-corrected chi connectivity index (χ3v) is 4.19. The van der Waals surface area contributed by atoms with Crippen LogP contribution in [0.4, 0.5) is 0 Å². The summed E-state index contributed by atoms with van der Waals surface area (Å²) in [7, 11) is 0. The van der Waals surface area contributed by atoms with Gasteiger partial charge in [-0.2, -0.15) is 0 Å². The topological polar surface area (TPSA) is 0 Å². The molecule has 128 valence electrons. The van der Waals surface area contributed by atoms with E-state index < -0.39 is 0 Å². The molecule has 0 bridgehead atoms. The minimum Gasteiger partial charge on any atom is -0.0683 e. The molecule has 0 saturated heterocycles. The highest BCUT2D eigenvalue weighted by Gasteiger charge is 2.00. The van der Waals surface area contributed by atoms with Crippen LogP contribution in [0.5, 0.6) is 0 Å². The fourth-order valence-electron chi connectivity index (χ4n) is 2.94. The monoisotopic (exact) mass is 320 g/mol. The molecule has 0 aliphatic carbocycles. The van der Waals surface area contributed by atoms with Crippen LogP contribution in [0.2, 0.25) is 0 Å². The van der Waals surface area contributed by atoms with Gasteiger partial charge in [0.05, 0.1) is 0 Å². The second kappa shape index (κ2) is 9.27. The van der Waals surface area contributed by atoms with Crippen LogP contribution in [0.25, 0.3) is 10.8 Å². The lowest BCUT2D eigenvalue weighted by Crippen LogP contribution is -1.84. The first-order chi connectivity index (χ1) is 11.4. The molecule has 0 unspecified atom stereocenters. The highest BCUT2D eigenvalue weighted by Crippen LogP contribution is 2.23. The van der Waals surface area contributed by atoms with E-state index in [4.69, 9.17) is 0 Å². The summed E-state index contributed by atoms with van der Waals surface area (Å²) in [5.41, 5.74) is 8.20. The molecular weight excluding hydrogens is 288 g/mol. The van der Waals surface area contributed by atoms with Gasteiger partial charge in [0.25, 0.3) is 0 Å². The maximum absolute atomic E-state index is 2.25. The first-order valence-corrected chi connectivity index (χ1v) is 8.89. The van der Waals surface area contributed by atoms with E-state index in [-0.39, 0.29) is 0 Å². The fraction of sp³-hybridized carbons (Fsp3) is 0.333. The van der Waals surface area contributed by atoms with E-state index in [0.29, 0.717) is 0 Å². The van der Waals surface area contributed by atoms with Crippen molar-refractivity contribution in [1.82, 2.24) is 0 Å². The van der Waals surface area contributed by atoms with E-state index >= 15 is 0 Å². The van der Waals surface area contributed by atoms with Gasteiger partial charge in [-0.1, -0.05) is 73.5 Å². The lowest BCUT2D eigenvalue weighted by Gasteiger charge is -2.06. The average molecular weight is 321 g/mol. The summed E-state index contributed by atoms with van der Waals surface area (Å²) in [4.78, 5) is 0. The summed E-state index contributed by atoms with van der Waals surface area (Å²) >= 11 is 0. The summed E-state index contributed by atoms with van der Waals surface area (Å²) < 4.78 is 0. The molecule has 0 heteroatoms. The molecule has 0 heterocycles. The van der Waals surface area contributed by atoms with E-state index in [1.54, 1.807) is 0 Å². The van der Waals surface area contributed by atoms with Crippen LogP contribution < -0.4 is 0 Å². The molecule has 0 aliphatic heterocycles. The zero-order valence-corrected chi connectivity index (χ0v) is 16.6. The van der Waals surface area contributed by atoms with E-state index in [2.05, 4.69) is 90.1 Å². The number of hydrogen-bond acceptors (Lipinski definition) is 0. The SMILES string of the molecule is CC.Cc1cc(C)c2c(C)cccc2c1.Cc1ccc(C)c(C)c1. The minimum absolute atomic E-state index is 1.34. The second-order valence-corrected chi connectivity index (χ2v) is 6.34. The molecule has 3 rings (SSSR count). The number of aryl methyl sites for hydroxylation is 6. The van der Waals surface area contributed by atoms with Crippen molar-refractivity contribution in [2.24, 2.45) is 0 Å². The summed E-state index contributed by atoms with van der Waals surface area (Å²) in [5, 5.41) is 2.77. The van der Waals surface area contributed by atoms with Crippen LogP contribution in [0, 0.1) is 41.5 Å². The Morgan fingerprint density at radius 1 is 0.500 bits per heavy atom. The van der Waals surface area contributed by atoms with Crippen LogP contribution in [0.15, 0.2) is 48.5 Å².